The smallest absolute Gasteiger partial charge is 0.352 e. The first-order valence-electron chi connectivity index (χ1n) is 4.24. The minimum Gasteiger partial charge on any atom is -0.477 e. The van der Waals surface area contributed by atoms with Crippen LogP contribution in [0.25, 0.3) is 10.9 Å². The summed E-state index contributed by atoms with van der Waals surface area (Å²) < 4.78 is 26.1. The molecule has 0 aliphatic heterocycles. The predicted molar refractivity (Wildman–Crippen MR) is 51.4 cm³/mol. The highest BCUT2D eigenvalue weighted by Crippen LogP contribution is 2.14. The van der Waals surface area contributed by atoms with Crippen LogP contribution in [0.4, 0.5) is 8.78 Å². The van der Waals surface area contributed by atoms with E-state index in [1.807, 2.05) is 0 Å². The molecule has 0 aliphatic carbocycles. The summed E-state index contributed by atoms with van der Waals surface area (Å²) in [5, 5.41) is 8.29. The van der Waals surface area contributed by atoms with Crippen LogP contribution >= 0.6 is 0 Å². The van der Waals surface area contributed by atoms with Gasteiger partial charge in [0.25, 0.3) is 0 Å². The molecule has 0 saturated carbocycles. The number of hydrogen-bond donors (Lipinski definition) is 2. The van der Waals surface area contributed by atoms with E-state index in [-0.39, 0.29) is 10.9 Å². The Hall–Kier alpha value is -2.24. The van der Waals surface area contributed by atoms with Gasteiger partial charge in [0.15, 0.2) is 5.43 Å². The zero-order valence-corrected chi connectivity index (χ0v) is 7.75. The van der Waals surface area contributed by atoms with Gasteiger partial charge in [-0.2, -0.15) is 0 Å². The van der Waals surface area contributed by atoms with Gasteiger partial charge in [-0.25, -0.2) is 13.6 Å². The van der Waals surface area contributed by atoms with Crippen LogP contribution in [-0.2, 0) is 0 Å². The normalized spacial score (nSPS) is 10.6. The Morgan fingerprint density at radius 3 is 2.56 bits per heavy atom. The molecule has 1 aromatic carbocycles. The molecule has 2 N–H and O–H groups in total. The summed E-state index contributed by atoms with van der Waals surface area (Å²) in [7, 11) is 0. The Morgan fingerprint density at radius 2 is 1.94 bits per heavy atom. The lowest BCUT2D eigenvalue weighted by Gasteiger charge is -2.01. The molecule has 0 atom stereocenters. The molecule has 4 nitrogen and oxygen atoms in total. The predicted octanol–water partition coefficient (Wildman–Crippen LogP) is 1.50. The molecule has 2 rings (SSSR count). The third kappa shape index (κ3) is 1.54. The highest BCUT2D eigenvalue weighted by molar-refractivity contribution is 5.89. The number of fused-ring (bicyclic) bond motifs is 1. The Balaban J connectivity index is 2.93. The highest BCUT2D eigenvalue weighted by Gasteiger charge is 2.12. The molecule has 0 radical (unpaired) electrons. The molecule has 82 valence electrons. The SMILES string of the molecule is O=C(O)c1cc(=O)c2c(F)cc(F)cc2[nH]1. The summed E-state index contributed by atoms with van der Waals surface area (Å²) in [4.78, 5) is 24.3. The first-order valence-corrected chi connectivity index (χ1v) is 4.24. The number of pyridine rings is 1. The minimum atomic E-state index is -1.37. The molecule has 1 heterocycles. The number of H-pyrrole nitrogens is 1. The maximum atomic E-state index is 13.2. The lowest BCUT2D eigenvalue weighted by molar-refractivity contribution is 0.0691. The number of nitrogens with one attached hydrogen (secondary N) is 1. The molecule has 0 unspecified atom stereocenters. The van der Waals surface area contributed by atoms with Gasteiger partial charge in [0.2, 0.25) is 0 Å². The third-order valence-corrected chi connectivity index (χ3v) is 2.08. The Morgan fingerprint density at radius 1 is 1.25 bits per heavy atom. The van der Waals surface area contributed by atoms with Gasteiger partial charge in [-0.1, -0.05) is 0 Å². The molecule has 2 aromatic rings. The van der Waals surface area contributed by atoms with Gasteiger partial charge in [-0.05, 0) is 6.07 Å². The van der Waals surface area contributed by atoms with Gasteiger partial charge in [0, 0.05) is 12.1 Å². The van der Waals surface area contributed by atoms with Gasteiger partial charge in [0.1, 0.15) is 17.3 Å². The van der Waals surface area contributed by atoms with E-state index in [9.17, 15) is 18.4 Å². The zero-order valence-electron chi connectivity index (χ0n) is 7.75. The number of halogens is 2. The maximum Gasteiger partial charge on any atom is 0.352 e. The van der Waals surface area contributed by atoms with Crippen molar-refractivity contribution in [3.8, 4) is 0 Å². The van der Waals surface area contributed by atoms with Crippen LogP contribution in [0.2, 0.25) is 0 Å². The average molecular weight is 225 g/mol. The fourth-order valence-corrected chi connectivity index (χ4v) is 1.42. The van der Waals surface area contributed by atoms with Gasteiger partial charge in [-0.15, -0.1) is 0 Å². The molecule has 0 saturated heterocycles. The number of benzene rings is 1. The van der Waals surface area contributed by atoms with Gasteiger partial charge >= 0.3 is 5.97 Å². The van der Waals surface area contributed by atoms with Gasteiger partial charge in [-0.3, -0.25) is 4.79 Å². The Labute approximate surface area is 87.1 Å². The van der Waals surface area contributed by atoms with Crippen LogP contribution in [0.5, 0.6) is 0 Å². The Bertz CT molecular complexity index is 648. The topological polar surface area (TPSA) is 70.2 Å². The molecule has 0 spiro atoms. The van der Waals surface area contributed by atoms with Crippen molar-refractivity contribution in [2.24, 2.45) is 0 Å². The molecular weight excluding hydrogens is 220 g/mol. The van der Waals surface area contributed by atoms with E-state index in [0.29, 0.717) is 6.07 Å². The number of aromatic amines is 1. The number of aromatic nitrogens is 1. The Kier molecular flexibility index (Phi) is 2.19. The molecule has 6 heteroatoms. The standard InChI is InChI=1S/C10H5F2NO3/c11-4-1-5(12)9-6(2-4)13-7(10(15)16)3-8(9)14/h1-3H,(H,13,14)(H,15,16). The highest BCUT2D eigenvalue weighted by atomic mass is 19.1. The van der Waals surface area contributed by atoms with Crippen LogP contribution in [0.15, 0.2) is 23.0 Å². The number of carboxylic acids is 1. The zero-order chi connectivity index (χ0) is 11.9. The van der Waals surface area contributed by atoms with Crippen LogP contribution < -0.4 is 5.43 Å². The average Bonchev–Trinajstić information content (AvgIpc) is 2.15. The monoisotopic (exact) mass is 225 g/mol. The van der Waals surface area contributed by atoms with Crippen molar-refractivity contribution in [3.05, 3.63) is 45.8 Å². The van der Waals surface area contributed by atoms with Crippen molar-refractivity contribution in [3.63, 3.8) is 0 Å². The van der Waals surface area contributed by atoms with Crippen molar-refractivity contribution >= 4 is 16.9 Å². The fourth-order valence-electron chi connectivity index (χ4n) is 1.42. The van der Waals surface area contributed by atoms with Crippen LogP contribution in [0.3, 0.4) is 0 Å². The van der Waals surface area contributed by atoms with Crippen molar-refractivity contribution in [1.82, 2.24) is 4.98 Å². The summed E-state index contributed by atoms with van der Waals surface area (Å²) in [5.74, 6) is -3.28. The molecule has 0 fully saturated rings. The minimum absolute atomic E-state index is 0.178. The summed E-state index contributed by atoms with van der Waals surface area (Å²) in [5.41, 5.74) is -1.39. The van der Waals surface area contributed by atoms with E-state index in [4.69, 9.17) is 5.11 Å². The van der Waals surface area contributed by atoms with Crippen molar-refractivity contribution in [1.29, 1.82) is 0 Å². The number of carboxylic acid groups (broad SMARTS) is 1. The number of carbonyl (C=O) groups is 1. The molecule has 1 aromatic heterocycles. The molecule has 0 amide bonds. The van der Waals surface area contributed by atoms with E-state index in [0.717, 1.165) is 12.1 Å². The largest absolute Gasteiger partial charge is 0.477 e. The van der Waals surface area contributed by atoms with Crippen molar-refractivity contribution in [2.45, 2.75) is 0 Å². The first-order chi connectivity index (χ1) is 7.49. The number of aromatic carboxylic acids is 1. The van der Waals surface area contributed by atoms with E-state index in [1.54, 1.807) is 0 Å². The molecule has 0 aliphatic rings. The quantitative estimate of drug-likeness (QED) is 0.772. The van der Waals surface area contributed by atoms with E-state index in [2.05, 4.69) is 4.98 Å². The number of hydrogen-bond acceptors (Lipinski definition) is 2. The lowest BCUT2D eigenvalue weighted by atomic mass is 10.2. The third-order valence-electron chi connectivity index (χ3n) is 2.08. The van der Waals surface area contributed by atoms with Gasteiger partial charge in [0.05, 0.1) is 10.9 Å². The second-order valence-corrected chi connectivity index (χ2v) is 3.16. The second-order valence-electron chi connectivity index (χ2n) is 3.16. The maximum absolute atomic E-state index is 13.2. The fraction of sp³-hybridized carbons (Fsp3) is 0. The van der Waals surface area contributed by atoms with E-state index < -0.39 is 28.7 Å². The van der Waals surface area contributed by atoms with Gasteiger partial charge < -0.3 is 10.1 Å². The summed E-state index contributed by atoms with van der Waals surface area (Å²) in [6, 6.07) is 2.19. The molecular formula is C10H5F2NO3. The number of rotatable bonds is 1. The molecule has 16 heavy (non-hydrogen) atoms. The van der Waals surface area contributed by atoms with Crippen molar-refractivity contribution < 1.29 is 18.7 Å². The van der Waals surface area contributed by atoms with Crippen LogP contribution in [0.1, 0.15) is 10.5 Å². The van der Waals surface area contributed by atoms with Crippen LogP contribution in [-0.4, -0.2) is 16.1 Å². The summed E-state index contributed by atoms with van der Waals surface area (Å²) in [6.07, 6.45) is 0. The second kappa shape index (κ2) is 3.41. The van der Waals surface area contributed by atoms with E-state index in [1.165, 1.54) is 0 Å². The molecule has 0 bridgehead atoms. The summed E-state index contributed by atoms with van der Waals surface area (Å²) in [6.45, 7) is 0. The lowest BCUT2D eigenvalue weighted by Crippen LogP contribution is -2.11. The van der Waals surface area contributed by atoms with Crippen LogP contribution in [0, 0.1) is 11.6 Å². The first kappa shape index (κ1) is 10.3. The van der Waals surface area contributed by atoms with Crippen molar-refractivity contribution in [2.75, 3.05) is 0 Å². The van der Waals surface area contributed by atoms with E-state index >= 15 is 0 Å². The summed E-state index contributed by atoms with van der Waals surface area (Å²) >= 11 is 0.